The average Bonchev–Trinajstić information content (AvgIpc) is 2.82. The van der Waals surface area contributed by atoms with Crippen LogP contribution in [-0.4, -0.2) is 34.4 Å². The molecule has 10 heteroatoms. The number of primary sulfonamides is 1. The maximum Gasteiger partial charge on any atom is 0.338 e. The summed E-state index contributed by atoms with van der Waals surface area (Å²) in [6, 6.07) is 12.9. The van der Waals surface area contributed by atoms with E-state index in [1.54, 1.807) is 48.4 Å². The van der Waals surface area contributed by atoms with Crippen LogP contribution < -0.4 is 20.5 Å². The van der Waals surface area contributed by atoms with Crippen LogP contribution in [0.4, 0.5) is 5.69 Å². The van der Waals surface area contributed by atoms with E-state index in [0.29, 0.717) is 47.5 Å². The maximum absolute atomic E-state index is 13.2. The first-order valence-corrected chi connectivity index (χ1v) is 12.1. The first kappa shape index (κ1) is 23.5. The summed E-state index contributed by atoms with van der Waals surface area (Å²) in [6.07, 6.45) is 1.53. The number of allylic oxidation sites excluding steroid dienone is 2. The van der Waals surface area contributed by atoms with Crippen LogP contribution in [0.5, 0.6) is 5.75 Å². The molecule has 0 saturated carbocycles. The van der Waals surface area contributed by atoms with Crippen LogP contribution in [0.15, 0.2) is 76.1 Å². The van der Waals surface area contributed by atoms with Gasteiger partial charge in [0.2, 0.25) is 10.0 Å². The summed E-state index contributed by atoms with van der Waals surface area (Å²) in [5, 5.41) is 5.22. The lowest BCUT2D eigenvalue weighted by Gasteiger charge is -2.40. The molecule has 1 aliphatic heterocycles. The average molecular weight is 484 g/mol. The second-order valence-electron chi connectivity index (χ2n) is 8.01. The molecular formula is C24H25N3O6S. The minimum atomic E-state index is -3.89. The highest BCUT2D eigenvalue weighted by Gasteiger charge is 2.43. The third kappa shape index (κ3) is 4.06. The van der Waals surface area contributed by atoms with Crippen molar-refractivity contribution >= 4 is 27.5 Å². The maximum atomic E-state index is 13.2. The minimum Gasteiger partial charge on any atom is -0.497 e. The Kier molecular flexibility index (Phi) is 6.20. The molecule has 178 valence electrons. The number of nitrogens with zero attached hydrogens (tertiary/aromatic N) is 1. The van der Waals surface area contributed by atoms with Crippen molar-refractivity contribution in [3.05, 3.63) is 76.8 Å². The molecule has 2 aromatic rings. The van der Waals surface area contributed by atoms with Gasteiger partial charge < -0.3 is 15.2 Å². The Labute approximate surface area is 197 Å². The number of ether oxygens (including phenoxy) is 2. The number of anilines is 1. The van der Waals surface area contributed by atoms with Crippen molar-refractivity contribution < 1.29 is 27.5 Å². The zero-order valence-corrected chi connectivity index (χ0v) is 19.6. The highest BCUT2D eigenvalue weighted by molar-refractivity contribution is 7.89. The van der Waals surface area contributed by atoms with E-state index in [2.05, 4.69) is 0 Å². The lowest BCUT2D eigenvalue weighted by Crippen LogP contribution is -2.40. The Balaban J connectivity index is 1.94. The van der Waals surface area contributed by atoms with Gasteiger partial charge in [-0.3, -0.25) is 9.69 Å². The summed E-state index contributed by atoms with van der Waals surface area (Å²) >= 11 is 0. The molecule has 0 aromatic heterocycles. The molecule has 0 radical (unpaired) electrons. The van der Waals surface area contributed by atoms with Crippen LogP contribution in [0.25, 0.3) is 0 Å². The van der Waals surface area contributed by atoms with Crippen molar-refractivity contribution in [1.82, 2.24) is 0 Å². The Morgan fingerprint density at radius 3 is 2.24 bits per heavy atom. The molecule has 1 atom stereocenters. The molecule has 0 spiro atoms. The topological polar surface area (TPSA) is 142 Å². The smallest absolute Gasteiger partial charge is 0.338 e. The number of methoxy groups -OCH3 is 2. The van der Waals surface area contributed by atoms with E-state index in [1.807, 2.05) is 0 Å². The van der Waals surface area contributed by atoms with Crippen LogP contribution in [-0.2, 0) is 24.3 Å². The molecule has 0 saturated heterocycles. The predicted octanol–water partition coefficient (Wildman–Crippen LogP) is 2.30. The lowest BCUT2D eigenvalue weighted by molar-refractivity contribution is -0.136. The summed E-state index contributed by atoms with van der Waals surface area (Å²) in [7, 11) is -1.08. The minimum absolute atomic E-state index is 0.0611. The number of hydrogen-bond acceptors (Lipinski definition) is 8. The number of benzene rings is 2. The van der Waals surface area contributed by atoms with E-state index in [4.69, 9.17) is 20.3 Å². The van der Waals surface area contributed by atoms with Crippen molar-refractivity contribution in [3.8, 4) is 5.75 Å². The Bertz CT molecular complexity index is 1310. The molecule has 0 unspecified atom stereocenters. The van der Waals surface area contributed by atoms with Gasteiger partial charge in [-0.15, -0.1) is 0 Å². The summed E-state index contributed by atoms with van der Waals surface area (Å²) in [5.41, 5.74) is 9.07. The fourth-order valence-electron chi connectivity index (χ4n) is 4.51. The van der Waals surface area contributed by atoms with Gasteiger partial charge in [-0.2, -0.15) is 0 Å². The van der Waals surface area contributed by atoms with E-state index in [-0.39, 0.29) is 22.1 Å². The molecule has 2 aromatic carbocycles. The van der Waals surface area contributed by atoms with Crippen LogP contribution in [0.1, 0.15) is 30.7 Å². The third-order valence-corrected chi connectivity index (χ3v) is 7.00. The van der Waals surface area contributed by atoms with Gasteiger partial charge in [0.05, 0.1) is 30.6 Å². The third-order valence-electron chi connectivity index (χ3n) is 6.07. The SMILES string of the molecule is COC(=O)C1=C(N)N(c2ccc(S(N)(=O)=O)cc2)C2=C(C(=O)CCC2)[C@H]1c1ccc(OC)cc1. The van der Waals surface area contributed by atoms with E-state index in [0.717, 1.165) is 0 Å². The molecule has 9 nitrogen and oxygen atoms in total. The van der Waals surface area contributed by atoms with Gasteiger partial charge in [0.15, 0.2) is 5.78 Å². The Morgan fingerprint density at radius 1 is 1.03 bits per heavy atom. The van der Waals surface area contributed by atoms with Gasteiger partial charge in [0, 0.05) is 23.4 Å². The number of Topliss-reactive ketones (excluding diaryl/α,β-unsaturated/α-hetero) is 1. The van der Waals surface area contributed by atoms with E-state index >= 15 is 0 Å². The van der Waals surface area contributed by atoms with Crippen molar-refractivity contribution in [1.29, 1.82) is 0 Å². The van der Waals surface area contributed by atoms with Crippen molar-refractivity contribution in [3.63, 3.8) is 0 Å². The van der Waals surface area contributed by atoms with Gasteiger partial charge >= 0.3 is 5.97 Å². The molecule has 0 bridgehead atoms. The van der Waals surface area contributed by atoms with Gasteiger partial charge in [-0.1, -0.05) is 12.1 Å². The second-order valence-corrected chi connectivity index (χ2v) is 9.57. The molecule has 0 fully saturated rings. The fraction of sp³-hybridized carbons (Fsp3) is 0.250. The molecule has 34 heavy (non-hydrogen) atoms. The Hall–Kier alpha value is -3.63. The predicted molar refractivity (Wildman–Crippen MR) is 125 cm³/mol. The molecular weight excluding hydrogens is 458 g/mol. The highest BCUT2D eigenvalue weighted by atomic mass is 32.2. The quantitative estimate of drug-likeness (QED) is 0.617. The lowest BCUT2D eigenvalue weighted by atomic mass is 9.75. The molecule has 1 aliphatic carbocycles. The van der Waals surface area contributed by atoms with Crippen molar-refractivity contribution in [2.24, 2.45) is 10.9 Å². The molecule has 1 heterocycles. The van der Waals surface area contributed by atoms with Gasteiger partial charge in [-0.25, -0.2) is 18.4 Å². The summed E-state index contributed by atoms with van der Waals surface area (Å²) in [5.74, 6) is -0.695. The van der Waals surface area contributed by atoms with Crippen LogP contribution in [0.3, 0.4) is 0 Å². The first-order valence-electron chi connectivity index (χ1n) is 10.6. The standard InChI is InChI=1S/C24H25N3O6S/c1-32-16-10-6-14(7-11-16)20-21-18(4-3-5-19(21)28)27(23(25)22(20)24(29)33-2)15-8-12-17(13-9-15)34(26,30)31/h6-13,20H,3-5,25H2,1-2H3,(H2,26,30,31)/t20-/m1/s1. The number of carbonyl (C=O) groups is 2. The number of ketones is 1. The molecule has 4 rings (SSSR count). The zero-order chi connectivity index (χ0) is 24.6. The van der Waals surface area contributed by atoms with Crippen LogP contribution >= 0.6 is 0 Å². The second kappa shape index (κ2) is 8.96. The normalized spacial score (nSPS) is 18.6. The van der Waals surface area contributed by atoms with Crippen LogP contribution in [0.2, 0.25) is 0 Å². The Morgan fingerprint density at radius 2 is 1.68 bits per heavy atom. The number of sulfonamides is 1. The van der Waals surface area contributed by atoms with Gasteiger partial charge in [-0.05, 0) is 54.8 Å². The fourth-order valence-corrected chi connectivity index (χ4v) is 5.02. The van der Waals surface area contributed by atoms with E-state index in [1.165, 1.54) is 19.2 Å². The van der Waals surface area contributed by atoms with Crippen molar-refractivity contribution in [2.75, 3.05) is 19.1 Å². The largest absolute Gasteiger partial charge is 0.497 e. The zero-order valence-electron chi connectivity index (χ0n) is 18.8. The molecule has 0 amide bonds. The highest BCUT2D eigenvalue weighted by Crippen LogP contribution is 2.47. The van der Waals surface area contributed by atoms with E-state index in [9.17, 15) is 18.0 Å². The first-order chi connectivity index (χ1) is 16.2. The van der Waals surface area contributed by atoms with E-state index < -0.39 is 21.9 Å². The number of esters is 1. The number of rotatable bonds is 5. The summed E-state index contributed by atoms with van der Waals surface area (Å²) < 4.78 is 33.7. The number of carbonyl (C=O) groups excluding carboxylic acids is 2. The summed E-state index contributed by atoms with van der Waals surface area (Å²) in [4.78, 5) is 27.8. The monoisotopic (exact) mass is 483 g/mol. The van der Waals surface area contributed by atoms with Crippen LogP contribution in [0, 0.1) is 0 Å². The molecule has 2 aliphatic rings. The molecule has 4 N–H and O–H groups in total. The van der Waals surface area contributed by atoms with Crippen molar-refractivity contribution in [2.45, 2.75) is 30.1 Å². The van der Waals surface area contributed by atoms with Gasteiger partial charge in [0.25, 0.3) is 0 Å². The summed E-state index contributed by atoms with van der Waals surface area (Å²) in [6.45, 7) is 0. The van der Waals surface area contributed by atoms with Gasteiger partial charge in [0.1, 0.15) is 11.6 Å². The number of hydrogen-bond donors (Lipinski definition) is 2. The number of nitrogens with two attached hydrogens (primary N) is 2.